The van der Waals surface area contributed by atoms with Crippen molar-refractivity contribution in [3.8, 4) is 0 Å². The minimum atomic E-state index is -3.54. The van der Waals surface area contributed by atoms with Crippen molar-refractivity contribution in [2.24, 2.45) is 0 Å². The Morgan fingerprint density at radius 1 is 1.19 bits per heavy atom. The summed E-state index contributed by atoms with van der Waals surface area (Å²) in [6, 6.07) is 6.86. The Morgan fingerprint density at radius 2 is 1.86 bits per heavy atom. The highest BCUT2D eigenvalue weighted by molar-refractivity contribution is 7.89. The van der Waals surface area contributed by atoms with Crippen LogP contribution in [0.5, 0.6) is 0 Å². The predicted octanol–water partition coefficient (Wildman–Crippen LogP) is 1.80. The van der Waals surface area contributed by atoms with Crippen molar-refractivity contribution in [3.63, 3.8) is 0 Å². The van der Waals surface area contributed by atoms with Gasteiger partial charge >= 0.3 is 0 Å². The minimum absolute atomic E-state index is 0.206. The summed E-state index contributed by atoms with van der Waals surface area (Å²) in [5.41, 5.74) is 9.14. The molecule has 0 aliphatic rings. The second kappa shape index (κ2) is 6.24. The summed E-state index contributed by atoms with van der Waals surface area (Å²) in [7, 11) is -3.54. The molecule has 1 aromatic heterocycles. The van der Waals surface area contributed by atoms with Gasteiger partial charge in [0.1, 0.15) is 0 Å². The first-order chi connectivity index (χ1) is 9.90. The van der Waals surface area contributed by atoms with Crippen LogP contribution in [-0.4, -0.2) is 19.9 Å². The van der Waals surface area contributed by atoms with E-state index in [1.54, 1.807) is 18.5 Å². The van der Waals surface area contributed by atoms with Gasteiger partial charge in [-0.25, -0.2) is 13.1 Å². The Kier molecular flexibility index (Phi) is 4.59. The number of benzene rings is 1. The number of aryl methyl sites for hydroxylation is 1. The maximum atomic E-state index is 12.3. The van der Waals surface area contributed by atoms with Crippen LogP contribution in [0.2, 0.25) is 0 Å². The molecule has 0 atom stereocenters. The molecule has 112 valence electrons. The number of nitrogens with zero attached hydrogens (tertiary/aromatic N) is 1. The molecule has 1 aromatic carbocycles. The summed E-state index contributed by atoms with van der Waals surface area (Å²) in [5.74, 6) is 0. The first-order valence-corrected chi connectivity index (χ1v) is 8.14. The molecule has 0 aliphatic heterocycles. The molecule has 0 aliphatic carbocycles. The summed E-state index contributed by atoms with van der Waals surface area (Å²) >= 11 is 0. The van der Waals surface area contributed by atoms with Gasteiger partial charge in [-0.15, -0.1) is 0 Å². The third-order valence-electron chi connectivity index (χ3n) is 3.45. The van der Waals surface area contributed by atoms with Crippen molar-refractivity contribution in [3.05, 3.63) is 53.3 Å². The maximum absolute atomic E-state index is 12.3. The molecule has 0 amide bonds. The van der Waals surface area contributed by atoms with Crippen molar-refractivity contribution in [1.82, 2.24) is 9.71 Å². The molecule has 21 heavy (non-hydrogen) atoms. The number of nitrogen functional groups attached to an aromatic ring is 1. The lowest BCUT2D eigenvalue weighted by molar-refractivity contribution is 0.581. The first-order valence-electron chi connectivity index (χ1n) is 6.65. The highest BCUT2D eigenvalue weighted by atomic mass is 32.2. The van der Waals surface area contributed by atoms with E-state index in [2.05, 4.69) is 9.71 Å². The zero-order valence-electron chi connectivity index (χ0n) is 12.1. The first kappa shape index (κ1) is 15.5. The summed E-state index contributed by atoms with van der Waals surface area (Å²) in [5, 5.41) is 0. The van der Waals surface area contributed by atoms with E-state index >= 15 is 0 Å². The zero-order valence-corrected chi connectivity index (χ0v) is 12.9. The molecule has 3 N–H and O–H groups in total. The topological polar surface area (TPSA) is 85.1 Å². The Labute approximate surface area is 125 Å². The number of anilines is 1. The van der Waals surface area contributed by atoms with E-state index in [0.717, 1.165) is 16.7 Å². The number of nitrogens with two attached hydrogens (primary N) is 1. The van der Waals surface area contributed by atoms with Gasteiger partial charge in [0.2, 0.25) is 10.0 Å². The van der Waals surface area contributed by atoms with E-state index < -0.39 is 10.0 Å². The molecule has 0 radical (unpaired) electrons. The van der Waals surface area contributed by atoms with Crippen LogP contribution in [0.25, 0.3) is 0 Å². The van der Waals surface area contributed by atoms with Crippen molar-refractivity contribution in [1.29, 1.82) is 0 Å². The molecule has 6 heteroatoms. The molecule has 0 spiro atoms. The number of sulfonamides is 1. The number of hydrogen-bond donors (Lipinski definition) is 2. The molecule has 2 aromatic rings. The van der Waals surface area contributed by atoms with Crippen molar-refractivity contribution >= 4 is 15.7 Å². The number of pyridine rings is 1. The fourth-order valence-electron chi connectivity index (χ4n) is 1.97. The predicted molar refractivity (Wildman–Crippen MR) is 83.5 cm³/mol. The Balaban J connectivity index is 2.09. The van der Waals surface area contributed by atoms with Crippen LogP contribution in [-0.2, 0) is 16.4 Å². The van der Waals surface area contributed by atoms with Gasteiger partial charge in [0.15, 0.2) is 0 Å². The van der Waals surface area contributed by atoms with Gasteiger partial charge in [0.25, 0.3) is 0 Å². The third kappa shape index (κ3) is 3.80. The third-order valence-corrected chi connectivity index (χ3v) is 4.89. The van der Waals surface area contributed by atoms with E-state index in [1.165, 1.54) is 6.07 Å². The van der Waals surface area contributed by atoms with Crippen LogP contribution >= 0.6 is 0 Å². The van der Waals surface area contributed by atoms with Gasteiger partial charge < -0.3 is 5.73 Å². The SMILES string of the molecule is Cc1cc(S(=O)(=O)NCCc2ccncc2)cc(N)c1C. The van der Waals surface area contributed by atoms with E-state index in [4.69, 9.17) is 5.73 Å². The van der Waals surface area contributed by atoms with Gasteiger partial charge in [0, 0.05) is 24.6 Å². The average molecular weight is 305 g/mol. The van der Waals surface area contributed by atoms with Crippen LogP contribution in [0.15, 0.2) is 41.6 Å². The molecular weight excluding hydrogens is 286 g/mol. The molecule has 0 fully saturated rings. The van der Waals surface area contributed by atoms with E-state index in [0.29, 0.717) is 18.7 Å². The van der Waals surface area contributed by atoms with E-state index in [1.807, 2.05) is 26.0 Å². The monoisotopic (exact) mass is 305 g/mol. The lowest BCUT2D eigenvalue weighted by Gasteiger charge is -2.11. The number of hydrogen-bond acceptors (Lipinski definition) is 4. The van der Waals surface area contributed by atoms with Crippen molar-refractivity contribution in [2.45, 2.75) is 25.2 Å². The van der Waals surface area contributed by atoms with Crippen LogP contribution in [0.3, 0.4) is 0 Å². The summed E-state index contributed by atoms with van der Waals surface area (Å²) in [6.07, 6.45) is 3.99. The van der Waals surface area contributed by atoms with Gasteiger partial charge in [0.05, 0.1) is 4.90 Å². The molecule has 5 nitrogen and oxygen atoms in total. The molecule has 2 rings (SSSR count). The molecule has 0 bridgehead atoms. The Hall–Kier alpha value is -1.92. The largest absolute Gasteiger partial charge is 0.398 e. The van der Waals surface area contributed by atoms with Crippen LogP contribution < -0.4 is 10.5 Å². The van der Waals surface area contributed by atoms with E-state index in [-0.39, 0.29) is 4.90 Å². The smallest absolute Gasteiger partial charge is 0.240 e. The number of aromatic nitrogens is 1. The summed E-state index contributed by atoms with van der Waals surface area (Å²) < 4.78 is 27.1. The molecule has 0 saturated carbocycles. The van der Waals surface area contributed by atoms with Crippen LogP contribution in [0, 0.1) is 13.8 Å². The summed E-state index contributed by atoms with van der Waals surface area (Å²) in [6.45, 7) is 4.05. The van der Waals surface area contributed by atoms with E-state index in [9.17, 15) is 8.42 Å². The normalized spacial score (nSPS) is 11.5. The molecule has 1 heterocycles. The highest BCUT2D eigenvalue weighted by Gasteiger charge is 2.15. The second-order valence-electron chi connectivity index (χ2n) is 4.96. The van der Waals surface area contributed by atoms with Crippen LogP contribution in [0.4, 0.5) is 5.69 Å². The fraction of sp³-hybridized carbons (Fsp3) is 0.267. The molecular formula is C15H19N3O2S. The van der Waals surface area contributed by atoms with Gasteiger partial charge in [-0.05, 0) is 61.2 Å². The highest BCUT2D eigenvalue weighted by Crippen LogP contribution is 2.21. The molecule has 0 saturated heterocycles. The Morgan fingerprint density at radius 3 is 2.48 bits per heavy atom. The van der Waals surface area contributed by atoms with Gasteiger partial charge in [-0.3, -0.25) is 4.98 Å². The number of nitrogens with one attached hydrogen (secondary N) is 1. The Bertz CT molecular complexity index is 705. The summed E-state index contributed by atoms with van der Waals surface area (Å²) in [4.78, 5) is 4.13. The fourth-order valence-corrected chi connectivity index (χ4v) is 3.12. The standard InChI is InChI=1S/C15H19N3O2S/c1-11-9-14(10-15(16)12(11)2)21(19,20)18-8-5-13-3-6-17-7-4-13/h3-4,6-7,9-10,18H,5,8,16H2,1-2H3. The van der Waals surface area contributed by atoms with Crippen molar-refractivity contribution in [2.75, 3.05) is 12.3 Å². The van der Waals surface area contributed by atoms with Gasteiger partial charge in [-0.2, -0.15) is 0 Å². The lowest BCUT2D eigenvalue weighted by atomic mass is 10.1. The average Bonchev–Trinajstić information content (AvgIpc) is 2.45. The number of rotatable bonds is 5. The maximum Gasteiger partial charge on any atom is 0.240 e. The lowest BCUT2D eigenvalue weighted by Crippen LogP contribution is -2.26. The quantitative estimate of drug-likeness (QED) is 0.825. The van der Waals surface area contributed by atoms with Crippen LogP contribution in [0.1, 0.15) is 16.7 Å². The molecule has 0 unspecified atom stereocenters. The minimum Gasteiger partial charge on any atom is -0.398 e. The zero-order chi connectivity index (χ0) is 15.5. The second-order valence-corrected chi connectivity index (χ2v) is 6.72. The van der Waals surface area contributed by atoms with Crippen molar-refractivity contribution < 1.29 is 8.42 Å². The van der Waals surface area contributed by atoms with Gasteiger partial charge in [-0.1, -0.05) is 0 Å².